The van der Waals surface area contributed by atoms with Crippen molar-refractivity contribution in [2.75, 3.05) is 20.1 Å². The molecule has 1 N–H and O–H groups in total. The molecule has 3 heteroatoms. The summed E-state index contributed by atoms with van der Waals surface area (Å²) in [6.45, 7) is 2.12. The molecule has 0 aromatic carbocycles. The number of likely N-dealkylation sites (tertiary alicyclic amines) is 1. The first kappa shape index (κ1) is 6.77. The van der Waals surface area contributed by atoms with Crippen LogP contribution in [-0.4, -0.2) is 34.3 Å². The van der Waals surface area contributed by atoms with Crippen molar-refractivity contribution < 1.29 is 5.11 Å². The third-order valence-corrected chi connectivity index (χ3v) is 2.50. The van der Waals surface area contributed by atoms with Crippen LogP contribution in [0.4, 0.5) is 0 Å². The summed E-state index contributed by atoms with van der Waals surface area (Å²) >= 11 is 2.06. The summed E-state index contributed by atoms with van der Waals surface area (Å²) in [5.74, 6) is 0.528. The molecule has 1 saturated heterocycles. The number of aliphatic hydroxyl groups excluding tert-OH is 1. The van der Waals surface area contributed by atoms with Crippen molar-refractivity contribution in [3.63, 3.8) is 0 Å². The molecular formula is C5H10INO. The molecule has 48 valence electrons. The van der Waals surface area contributed by atoms with Crippen molar-refractivity contribution in [2.45, 2.75) is 4.11 Å². The zero-order chi connectivity index (χ0) is 6.15. The monoisotopic (exact) mass is 227 g/mol. The zero-order valence-electron chi connectivity index (χ0n) is 4.84. The third kappa shape index (κ3) is 1.33. The van der Waals surface area contributed by atoms with E-state index in [0.29, 0.717) is 5.92 Å². The van der Waals surface area contributed by atoms with Gasteiger partial charge in [0.15, 0.2) is 0 Å². The van der Waals surface area contributed by atoms with Gasteiger partial charge in [0.05, 0.1) is 0 Å². The van der Waals surface area contributed by atoms with E-state index in [-0.39, 0.29) is 4.11 Å². The number of hydrogen-bond donors (Lipinski definition) is 1. The minimum atomic E-state index is -0.135. The second-order valence-electron chi connectivity index (χ2n) is 2.35. The standard InChI is InChI=1S/C5H10INO/c1-7-2-4(3-7)5(6)8/h4-5,8H,2-3H2,1H3. The highest BCUT2D eigenvalue weighted by atomic mass is 127. The second-order valence-corrected chi connectivity index (χ2v) is 3.63. The molecule has 0 saturated carbocycles. The van der Waals surface area contributed by atoms with E-state index in [1.54, 1.807) is 0 Å². The topological polar surface area (TPSA) is 23.5 Å². The number of rotatable bonds is 1. The second kappa shape index (κ2) is 2.49. The van der Waals surface area contributed by atoms with E-state index < -0.39 is 0 Å². The third-order valence-electron chi connectivity index (χ3n) is 1.48. The van der Waals surface area contributed by atoms with Gasteiger partial charge in [0.25, 0.3) is 0 Å². The van der Waals surface area contributed by atoms with Crippen molar-refractivity contribution in [2.24, 2.45) is 5.92 Å². The molecule has 0 aliphatic carbocycles. The summed E-state index contributed by atoms with van der Waals surface area (Å²) in [7, 11) is 2.06. The molecule has 1 fully saturated rings. The quantitative estimate of drug-likeness (QED) is 0.514. The summed E-state index contributed by atoms with van der Waals surface area (Å²) < 4.78 is -0.135. The Hall–Kier alpha value is 0.650. The van der Waals surface area contributed by atoms with Crippen LogP contribution in [0.3, 0.4) is 0 Å². The van der Waals surface area contributed by atoms with Gasteiger partial charge in [-0.25, -0.2) is 0 Å². The van der Waals surface area contributed by atoms with Crippen molar-refractivity contribution in [3.05, 3.63) is 0 Å². The number of nitrogens with zero attached hydrogens (tertiary/aromatic N) is 1. The normalized spacial score (nSPS) is 27.4. The molecule has 1 rings (SSSR count). The lowest BCUT2D eigenvalue weighted by Crippen LogP contribution is -2.47. The van der Waals surface area contributed by atoms with Crippen LogP contribution < -0.4 is 0 Å². The predicted molar refractivity (Wildman–Crippen MR) is 41.0 cm³/mol. The molecular weight excluding hydrogens is 217 g/mol. The largest absolute Gasteiger partial charge is 0.382 e. The van der Waals surface area contributed by atoms with E-state index in [2.05, 4.69) is 34.5 Å². The molecule has 0 spiro atoms. The van der Waals surface area contributed by atoms with E-state index in [9.17, 15) is 0 Å². The van der Waals surface area contributed by atoms with Gasteiger partial charge in [-0.3, -0.25) is 0 Å². The van der Waals surface area contributed by atoms with Crippen LogP contribution in [0.5, 0.6) is 0 Å². The maximum absolute atomic E-state index is 8.95. The SMILES string of the molecule is CN1CC(C(O)I)C1. The molecule has 8 heavy (non-hydrogen) atoms. The Balaban J connectivity index is 2.15. The summed E-state index contributed by atoms with van der Waals surface area (Å²) in [5, 5.41) is 8.95. The summed E-state index contributed by atoms with van der Waals surface area (Å²) in [5.41, 5.74) is 0. The van der Waals surface area contributed by atoms with Gasteiger partial charge >= 0.3 is 0 Å². The lowest BCUT2D eigenvalue weighted by molar-refractivity contribution is 0.0659. The molecule has 0 aromatic heterocycles. The van der Waals surface area contributed by atoms with E-state index in [1.165, 1.54) is 0 Å². The van der Waals surface area contributed by atoms with E-state index in [1.807, 2.05) is 0 Å². The van der Waals surface area contributed by atoms with Crippen molar-refractivity contribution in [1.29, 1.82) is 0 Å². The van der Waals surface area contributed by atoms with Gasteiger partial charge in [-0.1, -0.05) is 22.6 Å². The molecule has 1 heterocycles. The number of hydrogen-bond acceptors (Lipinski definition) is 2. The van der Waals surface area contributed by atoms with Crippen LogP contribution in [-0.2, 0) is 0 Å². The van der Waals surface area contributed by atoms with Crippen molar-refractivity contribution >= 4 is 22.6 Å². The Bertz CT molecular complexity index is 80.5. The van der Waals surface area contributed by atoms with E-state index in [0.717, 1.165) is 13.1 Å². The summed E-state index contributed by atoms with van der Waals surface area (Å²) in [6.07, 6.45) is 0. The molecule has 1 atom stereocenters. The Morgan fingerprint density at radius 2 is 2.25 bits per heavy atom. The average Bonchev–Trinajstić information content (AvgIpc) is 1.57. The van der Waals surface area contributed by atoms with Gasteiger partial charge in [-0.05, 0) is 7.05 Å². The minimum Gasteiger partial charge on any atom is -0.382 e. The maximum Gasteiger partial charge on any atom is 0.110 e. The first-order valence-corrected chi connectivity index (χ1v) is 3.95. The van der Waals surface area contributed by atoms with Gasteiger partial charge in [0, 0.05) is 19.0 Å². The Morgan fingerprint density at radius 3 is 2.38 bits per heavy atom. The molecule has 1 unspecified atom stereocenters. The van der Waals surface area contributed by atoms with Crippen LogP contribution in [0.25, 0.3) is 0 Å². The van der Waals surface area contributed by atoms with E-state index in [4.69, 9.17) is 5.11 Å². The number of alkyl halides is 1. The smallest absolute Gasteiger partial charge is 0.110 e. The average molecular weight is 227 g/mol. The zero-order valence-corrected chi connectivity index (χ0v) is 7.00. The van der Waals surface area contributed by atoms with Gasteiger partial charge < -0.3 is 10.0 Å². The fourth-order valence-electron chi connectivity index (χ4n) is 0.921. The van der Waals surface area contributed by atoms with Gasteiger partial charge in [0.1, 0.15) is 4.11 Å². The van der Waals surface area contributed by atoms with Gasteiger partial charge in [-0.2, -0.15) is 0 Å². The molecule has 2 nitrogen and oxygen atoms in total. The molecule has 0 amide bonds. The van der Waals surface area contributed by atoms with Gasteiger partial charge in [0.2, 0.25) is 0 Å². The number of halogens is 1. The molecule has 1 aliphatic heterocycles. The highest BCUT2D eigenvalue weighted by Gasteiger charge is 2.27. The first-order valence-electron chi connectivity index (χ1n) is 2.71. The number of aliphatic hydroxyl groups is 1. The molecule has 0 radical (unpaired) electrons. The van der Waals surface area contributed by atoms with Crippen LogP contribution in [0.1, 0.15) is 0 Å². The van der Waals surface area contributed by atoms with Gasteiger partial charge in [-0.15, -0.1) is 0 Å². The van der Waals surface area contributed by atoms with Crippen molar-refractivity contribution in [1.82, 2.24) is 4.90 Å². The van der Waals surface area contributed by atoms with Crippen LogP contribution in [0.2, 0.25) is 0 Å². The highest BCUT2D eigenvalue weighted by molar-refractivity contribution is 14.1. The van der Waals surface area contributed by atoms with Crippen LogP contribution in [0.15, 0.2) is 0 Å². The van der Waals surface area contributed by atoms with E-state index >= 15 is 0 Å². The highest BCUT2D eigenvalue weighted by Crippen LogP contribution is 2.20. The molecule has 0 aromatic rings. The Morgan fingerprint density at radius 1 is 1.75 bits per heavy atom. The molecule has 0 bridgehead atoms. The Kier molecular flexibility index (Phi) is 2.11. The van der Waals surface area contributed by atoms with Crippen LogP contribution in [0, 0.1) is 5.92 Å². The molecule has 1 aliphatic rings. The fourth-order valence-corrected chi connectivity index (χ4v) is 1.38. The Labute approximate surface area is 63.0 Å². The lowest BCUT2D eigenvalue weighted by Gasteiger charge is -2.37. The lowest BCUT2D eigenvalue weighted by atomic mass is 10.0. The summed E-state index contributed by atoms with van der Waals surface area (Å²) in [4.78, 5) is 2.20. The fraction of sp³-hybridized carbons (Fsp3) is 1.00. The van der Waals surface area contributed by atoms with Crippen molar-refractivity contribution in [3.8, 4) is 0 Å². The summed E-state index contributed by atoms with van der Waals surface area (Å²) in [6, 6.07) is 0. The minimum absolute atomic E-state index is 0.135. The maximum atomic E-state index is 8.95. The first-order chi connectivity index (χ1) is 3.70. The van der Waals surface area contributed by atoms with Crippen LogP contribution >= 0.6 is 22.6 Å². The predicted octanol–water partition coefficient (Wildman–Crippen LogP) is 0.301.